The van der Waals surface area contributed by atoms with E-state index in [-0.39, 0.29) is 5.92 Å². The van der Waals surface area contributed by atoms with E-state index in [4.69, 9.17) is 0 Å². The molecule has 0 spiro atoms. The van der Waals surface area contributed by atoms with Gasteiger partial charge in [0.15, 0.2) is 0 Å². The fourth-order valence-electron chi connectivity index (χ4n) is 5.90. The fraction of sp³-hybridized carbons (Fsp3) is 0.850. The summed E-state index contributed by atoms with van der Waals surface area (Å²) >= 11 is 1.94. The number of likely N-dealkylation sites (tertiary alicyclic amines) is 1. The number of carbonyl (C=O) groups excluding carboxylic acids is 1. The molecule has 0 aromatic carbocycles. The lowest BCUT2D eigenvalue weighted by atomic mass is 9.65. The molecule has 2 bridgehead atoms. The molecular formula is C20H32N2OS. The summed E-state index contributed by atoms with van der Waals surface area (Å²) in [5, 5.41) is 3.51. The van der Waals surface area contributed by atoms with Gasteiger partial charge in [-0.25, -0.2) is 0 Å². The van der Waals surface area contributed by atoms with Crippen molar-refractivity contribution in [3.05, 3.63) is 11.0 Å². The van der Waals surface area contributed by atoms with E-state index >= 15 is 0 Å². The quantitative estimate of drug-likeness (QED) is 0.826. The maximum absolute atomic E-state index is 13.2. The Labute approximate surface area is 151 Å². The minimum Gasteiger partial charge on any atom is -0.339 e. The predicted molar refractivity (Wildman–Crippen MR) is 101 cm³/mol. The van der Waals surface area contributed by atoms with E-state index in [1.165, 1.54) is 37.0 Å². The molecule has 4 atom stereocenters. The topological polar surface area (TPSA) is 32.3 Å². The van der Waals surface area contributed by atoms with Gasteiger partial charge >= 0.3 is 0 Å². The molecule has 4 unspecified atom stereocenters. The molecule has 4 heteroatoms. The second-order valence-corrected chi connectivity index (χ2v) is 10.8. The molecule has 0 aromatic heterocycles. The number of amides is 1. The van der Waals surface area contributed by atoms with Crippen LogP contribution < -0.4 is 5.32 Å². The molecule has 4 aliphatic rings. The standard InChI is InChI=1S/C20H32N2OS/c1-19(2)8-16-9-20(3,12-19)13-22(16)18(23)15-7-17(24-11-15)14-5-4-6-21-10-14/h7,14-16,21H,4-6,8-13H2,1-3H3. The Bertz CT molecular complexity index is 552. The average molecular weight is 349 g/mol. The maximum atomic E-state index is 13.2. The third kappa shape index (κ3) is 3.16. The number of nitrogens with zero attached hydrogens (tertiary/aromatic N) is 1. The molecule has 2 saturated heterocycles. The van der Waals surface area contributed by atoms with Crippen LogP contribution in [0.1, 0.15) is 52.9 Å². The Kier molecular flexibility index (Phi) is 4.28. The largest absolute Gasteiger partial charge is 0.339 e. The summed E-state index contributed by atoms with van der Waals surface area (Å²) in [7, 11) is 0. The van der Waals surface area contributed by atoms with Gasteiger partial charge in [0.25, 0.3) is 0 Å². The number of hydrogen-bond donors (Lipinski definition) is 1. The molecule has 3 fully saturated rings. The van der Waals surface area contributed by atoms with Crippen LogP contribution >= 0.6 is 11.8 Å². The molecule has 3 nitrogen and oxygen atoms in total. The Morgan fingerprint density at radius 2 is 2.17 bits per heavy atom. The van der Waals surface area contributed by atoms with Crippen LogP contribution in [-0.4, -0.2) is 42.2 Å². The van der Waals surface area contributed by atoms with Crippen LogP contribution in [0.4, 0.5) is 0 Å². The second-order valence-electron chi connectivity index (χ2n) is 9.71. The van der Waals surface area contributed by atoms with Crippen molar-refractivity contribution in [3.8, 4) is 0 Å². The van der Waals surface area contributed by atoms with Crippen molar-refractivity contribution in [2.45, 2.75) is 58.9 Å². The molecule has 1 N–H and O–H groups in total. The number of rotatable bonds is 2. The summed E-state index contributed by atoms with van der Waals surface area (Å²) in [6.45, 7) is 10.4. The predicted octanol–water partition coefficient (Wildman–Crippen LogP) is 3.66. The number of nitrogens with one attached hydrogen (secondary N) is 1. The number of hydrogen-bond acceptors (Lipinski definition) is 3. The van der Waals surface area contributed by atoms with Crippen LogP contribution in [-0.2, 0) is 4.79 Å². The van der Waals surface area contributed by atoms with E-state index in [1.807, 2.05) is 11.8 Å². The van der Waals surface area contributed by atoms with E-state index in [0.29, 0.717) is 28.7 Å². The van der Waals surface area contributed by atoms with Crippen LogP contribution in [0.25, 0.3) is 0 Å². The van der Waals surface area contributed by atoms with E-state index in [1.54, 1.807) is 0 Å². The first-order chi connectivity index (χ1) is 11.4. The SMILES string of the molecule is CC1(C)CC2CC(C)(CN2C(=O)C2C=C(C3CCCNC3)SC2)C1. The van der Waals surface area contributed by atoms with Crippen molar-refractivity contribution in [3.63, 3.8) is 0 Å². The summed E-state index contributed by atoms with van der Waals surface area (Å²) in [6.07, 6.45) is 8.52. The zero-order valence-electron chi connectivity index (χ0n) is 15.4. The van der Waals surface area contributed by atoms with Crippen LogP contribution in [0.15, 0.2) is 11.0 Å². The van der Waals surface area contributed by atoms with Gasteiger partial charge < -0.3 is 10.2 Å². The highest BCUT2D eigenvalue weighted by Crippen LogP contribution is 2.53. The first-order valence-corrected chi connectivity index (χ1v) is 10.7. The molecule has 1 aliphatic carbocycles. The second kappa shape index (κ2) is 6.05. The number of carbonyl (C=O) groups is 1. The van der Waals surface area contributed by atoms with E-state index < -0.39 is 0 Å². The van der Waals surface area contributed by atoms with Crippen LogP contribution in [0.5, 0.6) is 0 Å². The van der Waals surface area contributed by atoms with Gasteiger partial charge in [-0.15, -0.1) is 11.8 Å². The Morgan fingerprint density at radius 1 is 1.33 bits per heavy atom. The first kappa shape index (κ1) is 17.0. The minimum absolute atomic E-state index is 0.123. The fourth-order valence-corrected chi connectivity index (χ4v) is 7.21. The van der Waals surface area contributed by atoms with Crippen molar-refractivity contribution in [1.29, 1.82) is 0 Å². The lowest BCUT2D eigenvalue weighted by Crippen LogP contribution is -2.40. The van der Waals surface area contributed by atoms with Gasteiger partial charge in [-0.2, -0.15) is 0 Å². The smallest absolute Gasteiger partial charge is 0.230 e. The highest BCUT2D eigenvalue weighted by molar-refractivity contribution is 8.03. The van der Waals surface area contributed by atoms with Gasteiger partial charge in [-0.1, -0.05) is 26.8 Å². The zero-order valence-corrected chi connectivity index (χ0v) is 16.3. The molecule has 1 saturated carbocycles. The highest BCUT2D eigenvalue weighted by atomic mass is 32.2. The molecule has 24 heavy (non-hydrogen) atoms. The van der Waals surface area contributed by atoms with E-state index in [2.05, 4.69) is 37.1 Å². The lowest BCUT2D eigenvalue weighted by Gasteiger charge is -2.39. The number of fused-ring (bicyclic) bond motifs is 2. The molecule has 1 amide bonds. The lowest BCUT2D eigenvalue weighted by molar-refractivity contribution is -0.134. The van der Waals surface area contributed by atoms with Gasteiger partial charge in [-0.3, -0.25) is 4.79 Å². The number of piperidine rings is 1. The molecule has 0 aromatic rings. The first-order valence-electron chi connectivity index (χ1n) is 9.71. The van der Waals surface area contributed by atoms with Crippen LogP contribution in [0.2, 0.25) is 0 Å². The Morgan fingerprint density at radius 3 is 2.92 bits per heavy atom. The van der Waals surface area contributed by atoms with Gasteiger partial charge in [0.05, 0.1) is 5.92 Å². The van der Waals surface area contributed by atoms with E-state index in [9.17, 15) is 4.79 Å². The van der Waals surface area contributed by atoms with Gasteiger partial charge in [-0.05, 0) is 54.4 Å². The van der Waals surface area contributed by atoms with Crippen LogP contribution in [0.3, 0.4) is 0 Å². The molecule has 3 aliphatic heterocycles. The molecule has 0 radical (unpaired) electrons. The van der Waals surface area contributed by atoms with Crippen molar-refractivity contribution < 1.29 is 4.79 Å². The zero-order chi connectivity index (χ0) is 16.9. The summed E-state index contributed by atoms with van der Waals surface area (Å²) in [5.74, 6) is 2.15. The maximum Gasteiger partial charge on any atom is 0.230 e. The van der Waals surface area contributed by atoms with Gasteiger partial charge in [0, 0.05) is 30.8 Å². The summed E-state index contributed by atoms with van der Waals surface area (Å²) in [5.41, 5.74) is 0.722. The summed E-state index contributed by atoms with van der Waals surface area (Å²) in [4.78, 5) is 17.0. The highest BCUT2D eigenvalue weighted by Gasteiger charge is 2.51. The summed E-state index contributed by atoms with van der Waals surface area (Å²) < 4.78 is 0. The van der Waals surface area contributed by atoms with Crippen LogP contribution in [0, 0.1) is 22.7 Å². The average Bonchev–Trinajstić information content (AvgIpc) is 3.09. The normalized spacial score (nSPS) is 41.4. The van der Waals surface area contributed by atoms with E-state index in [0.717, 1.165) is 25.4 Å². The monoisotopic (exact) mass is 348 g/mol. The molecule has 134 valence electrons. The number of thioether (sulfide) groups is 1. The third-order valence-electron chi connectivity index (χ3n) is 6.51. The molecule has 4 rings (SSSR count). The van der Waals surface area contributed by atoms with Crippen molar-refractivity contribution >= 4 is 17.7 Å². The van der Waals surface area contributed by atoms with Gasteiger partial charge in [0.2, 0.25) is 5.91 Å². The molecular weight excluding hydrogens is 316 g/mol. The minimum atomic E-state index is 0.123. The summed E-state index contributed by atoms with van der Waals surface area (Å²) in [6, 6.07) is 0.477. The Hall–Kier alpha value is -0.480. The van der Waals surface area contributed by atoms with Crippen molar-refractivity contribution in [1.82, 2.24) is 10.2 Å². The van der Waals surface area contributed by atoms with Gasteiger partial charge in [0.1, 0.15) is 0 Å². The third-order valence-corrected chi connectivity index (χ3v) is 7.84. The van der Waals surface area contributed by atoms with Crippen molar-refractivity contribution in [2.24, 2.45) is 22.7 Å². The van der Waals surface area contributed by atoms with Crippen molar-refractivity contribution in [2.75, 3.05) is 25.4 Å². The molecule has 3 heterocycles. The Balaban J connectivity index is 1.46.